The fourth-order valence-corrected chi connectivity index (χ4v) is 1.13. The minimum atomic E-state index is 1.14. The van der Waals surface area contributed by atoms with Crippen molar-refractivity contribution in [2.45, 2.75) is 6.92 Å². The summed E-state index contributed by atoms with van der Waals surface area (Å²) >= 11 is 3.44. The highest BCUT2D eigenvalue weighted by Gasteiger charge is 1.92. The molecule has 0 fully saturated rings. The zero-order valence-corrected chi connectivity index (χ0v) is 7.48. The molecule has 0 atom stereocenters. The van der Waals surface area contributed by atoms with Gasteiger partial charge < -0.3 is 0 Å². The van der Waals surface area contributed by atoms with Gasteiger partial charge in [0, 0.05) is 4.47 Å². The molecule has 0 aliphatic heterocycles. The molecule has 0 aliphatic carbocycles. The molecule has 0 unspecified atom stereocenters. The second kappa shape index (κ2) is 3.02. The van der Waals surface area contributed by atoms with E-state index < -0.39 is 0 Å². The van der Waals surface area contributed by atoms with Gasteiger partial charge in [-0.15, -0.1) is 0 Å². The Balaban J connectivity index is 3.16. The molecule has 0 saturated heterocycles. The lowest BCUT2D eigenvalue weighted by atomic mass is 10.1. The highest BCUT2D eigenvalue weighted by Crippen LogP contribution is 2.17. The normalized spacial score (nSPS) is 9.40. The number of hydrogen-bond acceptors (Lipinski definition) is 0. The number of aryl methyl sites for hydroxylation is 1. The van der Waals surface area contributed by atoms with Crippen molar-refractivity contribution in [2.24, 2.45) is 0 Å². The van der Waals surface area contributed by atoms with Crippen molar-refractivity contribution in [3.63, 3.8) is 0 Å². The van der Waals surface area contributed by atoms with E-state index in [1.165, 1.54) is 5.56 Å². The fourth-order valence-electron chi connectivity index (χ4n) is 0.736. The lowest BCUT2D eigenvalue weighted by Crippen LogP contribution is -1.76. The molecule has 1 aromatic carbocycles. The fraction of sp³-hybridized carbons (Fsp3) is 0.111. The second-order valence-electron chi connectivity index (χ2n) is 2.21. The van der Waals surface area contributed by atoms with E-state index in [-0.39, 0.29) is 0 Å². The molecule has 52 valence electrons. The first-order chi connectivity index (χ1) is 4.74. The van der Waals surface area contributed by atoms with Crippen LogP contribution < -0.4 is 0 Å². The van der Waals surface area contributed by atoms with Gasteiger partial charge in [-0.2, -0.15) is 0 Å². The standard InChI is InChI=1S/C9H9Br/c1-3-8-5-4-7(2)9(10)6-8/h3-6H,1H2,2H3. The average Bonchev–Trinajstić information content (AvgIpc) is 1.95. The molecule has 0 N–H and O–H groups in total. The summed E-state index contributed by atoms with van der Waals surface area (Å²) < 4.78 is 1.14. The molecular formula is C9H9Br. The molecule has 10 heavy (non-hydrogen) atoms. The molecule has 0 saturated carbocycles. The van der Waals surface area contributed by atoms with E-state index in [1.54, 1.807) is 0 Å². The minimum absolute atomic E-state index is 1.14. The Morgan fingerprint density at radius 3 is 2.70 bits per heavy atom. The maximum Gasteiger partial charge on any atom is 0.0210 e. The lowest BCUT2D eigenvalue weighted by molar-refractivity contribution is 1.42. The molecule has 0 radical (unpaired) electrons. The van der Waals surface area contributed by atoms with Crippen LogP contribution in [0.4, 0.5) is 0 Å². The number of halogens is 1. The lowest BCUT2D eigenvalue weighted by Gasteiger charge is -1.97. The van der Waals surface area contributed by atoms with Gasteiger partial charge in [0.25, 0.3) is 0 Å². The Morgan fingerprint density at radius 1 is 1.50 bits per heavy atom. The zero-order chi connectivity index (χ0) is 7.56. The summed E-state index contributed by atoms with van der Waals surface area (Å²) in [4.78, 5) is 0. The smallest absolute Gasteiger partial charge is 0.0210 e. The third-order valence-corrected chi connectivity index (χ3v) is 2.29. The van der Waals surface area contributed by atoms with Crippen LogP contribution in [0, 0.1) is 6.92 Å². The molecule has 1 heteroatoms. The van der Waals surface area contributed by atoms with Gasteiger partial charge in [-0.25, -0.2) is 0 Å². The predicted molar refractivity (Wildman–Crippen MR) is 49.0 cm³/mol. The Hall–Kier alpha value is -0.560. The third kappa shape index (κ3) is 1.48. The highest BCUT2D eigenvalue weighted by molar-refractivity contribution is 9.10. The van der Waals surface area contributed by atoms with Crippen LogP contribution in [0.2, 0.25) is 0 Å². The Morgan fingerprint density at radius 2 is 2.20 bits per heavy atom. The predicted octanol–water partition coefficient (Wildman–Crippen LogP) is 3.40. The van der Waals surface area contributed by atoms with Gasteiger partial charge in [-0.1, -0.05) is 40.7 Å². The summed E-state index contributed by atoms with van der Waals surface area (Å²) in [5.74, 6) is 0. The van der Waals surface area contributed by atoms with Crippen molar-refractivity contribution >= 4 is 22.0 Å². The van der Waals surface area contributed by atoms with Crippen LogP contribution in [-0.2, 0) is 0 Å². The second-order valence-corrected chi connectivity index (χ2v) is 3.07. The van der Waals surface area contributed by atoms with E-state index in [9.17, 15) is 0 Å². The molecule has 1 aromatic rings. The maximum absolute atomic E-state index is 3.68. The van der Waals surface area contributed by atoms with E-state index >= 15 is 0 Å². The molecule has 1 rings (SSSR count). The van der Waals surface area contributed by atoms with Gasteiger partial charge in [-0.3, -0.25) is 0 Å². The van der Waals surface area contributed by atoms with E-state index in [0.717, 1.165) is 10.0 Å². The van der Waals surface area contributed by atoms with Crippen LogP contribution >= 0.6 is 15.9 Å². The molecule has 0 aliphatic rings. The van der Waals surface area contributed by atoms with E-state index in [2.05, 4.69) is 41.6 Å². The Labute approximate surface area is 69.7 Å². The van der Waals surface area contributed by atoms with Crippen molar-refractivity contribution in [2.75, 3.05) is 0 Å². The van der Waals surface area contributed by atoms with Crippen molar-refractivity contribution in [1.29, 1.82) is 0 Å². The molecule has 0 spiro atoms. The zero-order valence-electron chi connectivity index (χ0n) is 5.89. The van der Waals surface area contributed by atoms with Crippen molar-refractivity contribution in [1.82, 2.24) is 0 Å². The number of hydrogen-bond donors (Lipinski definition) is 0. The molecule has 0 heterocycles. The van der Waals surface area contributed by atoms with Crippen LogP contribution in [0.3, 0.4) is 0 Å². The van der Waals surface area contributed by atoms with Gasteiger partial charge in [0.05, 0.1) is 0 Å². The maximum atomic E-state index is 3.68. The SMILES string of the molecule is C=Cc1ccc(C)c(Br)c1. The van der Waals surface area contributed by atoms with E-state index in [4.69, 9.17) is 0 Å². The molecule has 0 amide bonds. The van der Waals surface area contributed by atoms with Crippen molar-refractivity contribution < 1.29 is 0 Å². The summed E-state index contributed by atoms with van der Waals surface area (Å²) in [6, 6.07) is 6.18. The minimum Gasteiger partial charge on any atom is -0.0985 e. The number of benzene rings is 1. The molecule has 0 aromatic heterocycles. The van der Waals surface area contributed by atoms with Gasteiger partial charge in [0.1, 0.15) is 0 Å². The average molecular weight is 197 g/mol. The summed E-state index contributed by atoms with van der Waals surface area (Å²) in [6.45, 7) is 5.75. The summed E-state index contributed by atoms with van der Waals surface area (Å²) in [5, 5.41) is 0. The monoisotopic (exact) mass is 196 g/mol. The molecular weight excluding hydrogens is 188 g/mol. The van der Waals surface area contributed by atoms with E-state index in [1.807, 2.05) is 12.1 Å². The topological polar surface area (TPSA) is 0 Å². The van der Waals surface area contributed by atoms with Crippen molar-refractivity contribution in [3.8, 4) is 0 Å². The summed E-state index contributed by atoms with van der Waals surface area (Å²) in [7, 11) is 0. The molecule has 0 nitrogen and oxygen atoms in total. The van der Waals surface area contributed by atoms with Crippen LogP contribution in [0.5, 0.6) is 0 Å². The van der Waals surface area contributed by atoms with Gasteiger partial charge in [0.2, 0.25) is 0 Å². The van der Waals surface area contributed by atoms with E-state index in [0.29, 0.717) is 0 Å². The first-order valence-electron chi connectivity index (χ1n) is 3.12. The first-order valence-corrected chi connectivity index (χ1v) is 3.92. The highest BCUT2D eigenvalue weighted by atomic mass is 79.9. The van der Waals surface area contributed by atoms with Gasteiger partial charge in [0.15, 0.2) is 0 Å². The van der Waals surface area contributed by atoms with Crippen LogP contribution in [-0.4, -0.2) is 0 Å². The first kappa shape index (κ1) is 7.55. The van der Waals surface area contributed by atoms with Crippen molar-refractivity contribution in [3.05, 3.63) is 40.4 Å². The molecule has 0 bridgehead atoms. The van der Waals surface area contributed by atoms with Gasteiger partial charge in [-0.05, 0) is 24.1 Å². The van der Waals surface area contributed by atoms with Crippen LogP contribution in [0.25, 0.3) is 6.08 Å². The summed E-state index contributed by atoms with van der Waals surface area (Å²) in [5.41, 5.74) is 2.41. The van der Waals surface area contributed by atoms with Gasteiger partial charge >= 0.3 is 0 Å². The Kier molecular flexibility index (Phi) is 2.28. The van der Waals surface area contributed by atoms with Crippen LogP contribution in [0.15, 0.2) is 29.3 Å². The Bertz CT molecular complexity index is 251. The summed E-state index contributed by atoms with van der Waals surface area (Å²) in [6.07, 6.45) is 1.84. The number of rotatable bonds is 1. The third-order valence-electron chi connectivity index (χ3n) is 1.43. The largest absolute Gasteiger partial charge is 0.0985 e. The van der Waals surface area contributed by atoms with Crippen LogP contribution in [0.1, 0.15) is 11.1 Å². The quantitative estimate of drug-likeness (QED) is 0.647.